The maximum Gasteiger partial charge on any atom is 0.251 e. The van der Waals surface area contributed by atoms with Gasteiger partial charge in [-0.15, -0.1) is 0 Å². The summed E-state index contributed by atoms with van der Waals surface area (Å²) in [6, 6.07) is 3.84. The molecule has 1 aromatic carbocycles. The molecule has 3 heterocycles. The van der Waals surface area contributed by atoms with E-state index < -0.39 is 0 Å². The molecule has 0 spiro atoms. The van der Waals surface area contributed by atoms with Crippen molar-refractivity contribution in [2.45, 2.75) is 51.7 Å². The molecule has 3 unspecified atom stereocenters. The normalized spacial score (nSPS) is 24.1. The van der Waals surface area contributed by atoms with Crippen molar-refractivity contribution in [1.82, 2.24) is 20.2 Å². The number of benzene rings is 1. The average Bonchev–Trinajstić information content (AvgIpc) is 3.06. The largest absolute Gasteiger partial charge is 0.493 e. The average molecular weight is 444 g/mol. The molecule has 2 fully saturated rings. The Kier molecular flexibility index (Phi) is 5.88. The molecule has 0 saturated carbocycles. The van der Waals surface area contributed by atoms with E-state index in [1.54, 1.807) is 25.4 Å². The van der Waals surface area contributed by atoms with Gasteiger partial charge in [0.1, 0.15) is 18.2 Å². The summed E-state index contributed by atoms with van der Waals surface area (Å²) >= 11 is 5.50. The van der Waals surface area contributed by atoms with Crippen LogP contribution in [0.25, 0.3) is 10.9 Å². The van der Waals surface area contributed by atoms with Gasteiger partial charge in [-0.1, -0.05) is 13.8 Å². The van der Waals surface area contributed by atoms with Gasteiger partial charge in [-0.05, 0) is 44.0 Å². The zero-order chi connectivity index (χ0) is 22.3. The summed E-state index contributed by atoms with van der Waals surface area (Å²) in [5, 5.41) is 4.67. The van der Waals surface area contributed by atoms with Gasteiger partial charge < -0.3 is 19.7 Å². The van der Waals surface area contributed by atoms with Crippen molar-refractivity contribution in [2.75, 3.05) is 25.7 Å². The third kappa shape index (κ3) is 3.75. The van der Waals surface area contributed by atoms with Crippen molar-refractivity contribution in [1.29, 1.82) is 0 Å². The van der Waals surface area contributed by atoms with E-state index in [1.807, 2.05) is 26.0 Å². The first-order chi connectivity index (χ1) is 14.8. The van der Waals surface area contributed by atoms with E-state index in [4.69, 9.17) is 21.7 Å². The van der Waals surface area contributed by atoms with E-state index in [2.05, 4.69) is 27.1 Å². The second kappa shape index (κ2) is 8.45. The summed E-state index contributed by atoms with van der Waals surface area (Å²) in [5.74, 6) is 2.44. The lowest BCUT2D eigenvalue weighted by Crippen LogP contribution is -2.51. The fourth-order valence-corrected chi connectivity index (χ4v) is 4.97. The van der Waals surface area contributed by atoms with Gasteiger partial charge in [0, 0.05) is 30.1 Å². The predicted molar refractivity (Wildman–Crippen MR) is 124 cm³/mol. The third-order valence-electron chi connectivity index (χ3n) is 6.27. The van der Waals surface area contributed by atoms with Gasteiger partial charge in [0.25, 0.3) is 5.91 Å². The number of anilines is 1. The van der Waals surface area contributed by atoms with Crippen LogP contribution in [-0.2, 0) is 4.79 Å². The molecule has 4 rings (SSSR count). The topological polar surface area (TPSA) is 79.8 Å². The molecular weight excluding hydrogens is 414 g/mol. The number of hydrogen-bond acceptors (Lipinski definition) is 7. The minimum Gasteiger partial charge on any atom is -0.493 e. The van der Waals surface area contributed by atoms with Crippen LogP contribution in [0.1, 0.15) is 33.6 Å². The van der Waals surface area contributed by atoms with Crippen LogP contribution >= 0.6 is 12.2 Å². The highest BCUT2D eigenvalue weighted by molar-refractivity contribution is 7.80. The molecule has 2 aliphatic rings. The van der Waals surface area contributed by atoms with Crippen molar-refractivity contribution >= 4 is 40.0 Å². The Morgan fingerprint density at radius 1 is 1.19 bits per heavy atom. The summed E-state index contributed by atoms with van der Waals surface area (Å²) in [6.07, 6.45) is 3.22. The maximum absolute atomic E-state index is 12.9. The van der Waals surface area contributed by atoms with E-state index in [0.717, 1.165) is 36.1 Å². The number of fused-ring (bicyclic) bond motifs is 1. The van der Waals surface area contributed by atoms with Crippen molar-refractivity contribution < 1.29 is 14.3 Å². The molecule has 0 radical (unpaired) electrons. The first-order valence-electron chi connectivity index (χ1n) is 10.6. The van der Waals surface area contributed by atoms with Crippen LogP contribution in [0, 0.1) is 5.92 Å². The fraction of sp³-hybridized carbons (Fsp3) is 0.545. The summed E-state index contributed by atoms with van der Waals surface area (Å²) in [7, 11) is 3.23. The Hall–Kier alpha value is -2.68. The zero-order valence-electron chi connectivity index (χ0n) is 18.6. The first kappa shape index (κ1) is 21.5. The summed E-state index contributed by atoms with van der Waals surface area (Å²) in [4.78, 5) is 26.0. The molecule has 31 heavy (non-hydrogen) atoms. The lowest BCUT2D eigenvalue weighted by molar-refractivity contribution is -0.129. The Morgan fingerprint density at radius 3 is 2.52 bits per heavy atom. The van der Waals surface area contributed by atoms with E-state index >= 15 is 0 Å². The van der Waals surface area contributed by atoms with Gasteiger partial charge in [0.15, 0.2) is 16.6 Å². The van der Waals surface area contributed by atoms with Gasteiger partial charge in [-0.25, -0.2) is 9.97 Å². The molecule has 1 aromatic heterocycles. The van der Waals surface area contributed by atoms with E-state index in [1.165, 1.54) is 0 Å². The molecule has 2 aliphatic heterocycles. The quantitative estimate of drug-likeness (QED) is 0.707. The lowest BCUT2D eigenvalue weighted by Gasteiger charge is -2.41. The molecule has 0 bridgehead atoms. The minimum atomic E-state index is -0.228. The van der Waals surface area contributed by atoms with Crippen molar-refractivity contribution in [2.24, 2.45) is 5.92 Å². The SMILES string of the molecule is COc1cc2ncnc(N3CCC(N4C(=O)C(C(C)C)NC4=S)CC3C)c2cc1OC. The zero-order valence-corrected chi connectivity index (χ0v) is 19.4. The molecule has 9 heteroatoms. The van der Waals surface area contributed by atoms with E-state index in [9.17, 15) is 4.79 Å². The highest BCUT2D eigenvalue weighted by Crippen LogP contribution is 2.37. The Balaban J connectivity index is 1.59. The highest BCUT2D eigenvalue weighted by atomic mass is 32.1. The summed E-state index contributed by atoms with van der Waals surface area (Å²) < 4.78 is 10.9. The standard InChI is InChI=1S/C22H29N5O3S/c1-12(2)19-21(28)27(22(31)25-19)14-6-7-26(13(3)8-14)20-15-9-17(29-4)18(30-5)10-16(15)23-11-24-20/h9-14,19H,6-8H2,1-5H3,(H,25,31). The Bertz CT molecular complexity index is 1010. The molecule has 3 atom stereocenters. The Labute approximate surface area is 187 Å². The second-order valence-corrected chi connectivity index (χ2v) is 8.91. The number of amides is 1. The van der Waals surface area contributed by atoms with Gasteiger partial charge in [-0.2, -0.15) is 0 Å². The number of aromatic nitrogens is 2. The van der Waals surface area contributed by atoms with Gasteiger partial charge in [-0.3, -0.25) is 9.69 Å². The van der Waals surface area contributed by atoms with Crippen LogP contribution in [-0.4, -0.2) is 64.8 Å². The van der Waals surface area contributed by atoms with Gasteiger partial charge in [0.2, 0.25) is 0 Å². The highest BCUT2D eigenvalue weighted by Gasteiger charge is 2.43. The molecular formula is C22H29N5O3S. The van der Waals surface area contributed by atoms with Crippen LogP contribution < -0.4 is 19.7 Å². The maximum atomic E-state index is 12.9. The molecule has 2 saturated heterocycles. The number of nitrogens with one attached hydrogen (secondary N) is 1. The molecule has 1 N–H and O–H groups in total. The monoisotopic (exact) mass is 443 g/mol. The minimum absolute atomic E-state index is 0.0882. The van der Waals surface area contributed by atoms with Crippen LogP contribution in [0.5, 0.6) is 11.5 Å². The molecule has 0 aliphatic carbocycles. The lowest BCUT2D eigenvalue weighted by atomic mass is 9.95. The second-order valence-electron chi connectivity index (χ2n) is 8.52. The number of thiocarbonyl (C=S) groups is 1. The number of methoxy groups -OCH3 is 2. The number of hydrogen-bond donors (Lipinski definition) is 1. The van der Waals surface area contributed by atoms with Crippen LogP contribution in [0.4, 0.5) is 5.82 Å². The first-order valence-corrected chi connectivity index (χ1v) is 11.0. The van der Waals surface area contributed by atoms with Crippen molar-refractivity contribution in [3.05, 3.63) is 18.5 Å². The summed E-state index contributed by atoms with van der Waals surface area (Å²) in [5.41, 5.74) is 0.803. The Morgan fingerprint density at radius 2 is 1.90 bits per heavy atom. The number of nitrogens with zero attached hydrogens (tertiary/aromatic N) is 4. The fourth-order valence-electron chi connectivity index (χ4n) is 4.61. The van der Waals surface area contributed by atoms with Crippen LogP contribution in [0.3, 0.4) is 0 Å². The number of ether oxygens (including phenoxy) is 2. The van der Waals surface area contributed by atoms with E-state index in [-0.39, 0.29) is 30.0 Å². The van der Waals surface area contributed by atoms with Crippen molar-refractivity contribution in [3.63, 3.8) is 0 Å². The number of carbonyl (C=O) groups excluding carboxylic acids is 1. The third-order valence-corrected chi connectivity index (χ3v) is 6.59. The summed E-state index contributed by atoms with van der Waals surface area (Å²) in [6.45, 7) is 7.01. The molecule has 2 aromatic rings. The number of piperidine rings is 1. The van der Waals surface area contributed by atoms with Crippen molar-refractivity contribution in [3.8, 4) is 11.5 Å². The predicted octanol–water partition coefficient (Wildman–Crippen LogP) is 2.75. The van der Waals surface area contributed by atoms with Crippen LogP contribution in [0.15, 0.2) is 18.5 Å². The van der Waals surface area contributed by atoms with Gasteiger partial charge in [0.05, 0.1) is 19.7 Å². The van der Waals surface area contributed by atoms with Gasteiger partial charge >= 0.3 is 0 Å². The number of carbonyl (C=O) groups is 1. The van der Waals surface area contributed by atoms with E-state index in [0.29, 0.717) is 16.6 Å². The smallest absolute Gasteiger partial charge is 0.251 e. The molecule has 1 amide bonds. The van der Waals surface area contributed by atoms with Crippen LogP contribution in [0.2, 0.25) is 0 Å². The number of rotatable bonds is 5. The molecule has 166 valence electrons. The molecule has 8 nitrogen and oxygen atoms in total.